The van der Waals surface area contributed by atoms with Crippen LogP contribution in [0.15, 0.2) is 16.7 Å². The fourth-order valence-electron chi connectivity index (χ4n) is 1.90. The lowest BCUT2D eigenvalue weighted by atomic mass is 10.4. The molecule has 0 aromatic carbocycles. The first-order chi connectivity index (χ1) is 8.20. The van der Waals surface area contributed by atoms with Gasteiger partial charge in [0.15, 0.2) is 0 Å². The maximum atomic E-state index is 5.85. The molecule has 1 aliphatic rings. The van der Waals surface area contributed by atoms with Crippen LogP contribution in [0.1, 0.15) is 19.8 Å². The van der Waals surface area contributed by atoms with Crippen molar-refractivity contribution in [2.45, 2.75) is 25.8 Å². The Balaban J connectivity index is 1.80. The van der Waals surface area contributed by atoms with E-state index in [1.807, 2.05) is 6.07 Å². The van der Waals surface area contributed by atoms with Gasteiger partial charge in [0, 0.05) is 25.3 Å². The zero-order chi connectivity index (χ0) is 12.3. The number of anilines is 1. The second-order valence-corrected chi connectivity index (χ2v) is 5.56. The molecule has 1 saturated carbocycles. The fraction of sp³-hybridized carbons (Fsp3) is 0.583. The largest absolute Gasteiger partial charge is 0.368 e. The quantitative estimate of drug-likeness (QED) is 0.871. The number of aromatic nitrogens is 1. The van der Waals surface area contributed by atoms with Crippen LogP contribution in [-0.4, -0.2) is 35.6 Å². The number of hydrogen-bond acceptors (Lipinski definition) is 3. The molecule has 5 heteroatoms. The van der Waals surface area contributed by atoms with Gasteiger partial charge >= 0.3 is 0 Å². The van der Waals surface area contributed by atoms with E-state index >= 15 is 0 Å². The van der Waals surface area contributed by atoms with Crippen molar-refractivity contribution in [2.24, 2.45) is 0 Å². The lowest BCUT2D eigenvalue weighted by Gasteiger charge is -2.20. The van der Waals surface area contributed by atoms with E-state index in [1.54, 1.807) is 6.20 Å². The zero-order valence-electron chi connectivity index (χ0n) is 9.92. The summed E-state index contributed by atoms with van der Waals surface area (Å²) in [5.74, 6) is 0.862. The highest BCUT2D eigenvalue weighted by molar-refractivity contribution is 9.10. The Bertz CT molecular complexity index is 382. The Hall–Kier alpha value is -0.320. The molecule has 17 heavy (non-hydrogen) atoms. The van der Waals surface area contributed by atoms with Crippen LogP contribution in [0, 0.1) is 0 Å². The molecule has 0 unspecified atom stereocenters. The summed E-state index contributed by atoms with van der Waals surface area (Å²) in [6, 6.07) is 2.68. The number of rotatable bonds is 6. The van der Waals surface area contributed by atoms with Gasteiger partial charge in [-0.05, 0) is 41.4 Å². The molecule has 0 radical (unpaired) electrons. The first kappa shape index (κ1) is 13.1. The number of nitrogens with one attached hydrogen (secondary N) is 1. The van der Waals surface area contributed by atoms with Crippen LogP contribution in [0.3, 0.4) is 0 Å². The molecule has 0 amide bonds. The standard InChI is InChI=1S/C12H17BrClN3/c1-2-17(10-3-4-10)6-5-15-12-11(13)7-9(14)8-16-12/h7-8,10H,2-6H2,1H3,(H,15,16). The number of likely N-dealkylation sites (N-methyl/N-ethyl adjacent to an activating group) is 1. The second kappa shape index (κ2) is 6.03. The number of nitrogens with zero attached hydrogens (tertiary/aromatic N) is 2. The van der Waals surface area contributed by atoms with Gasteiger partial charge < -0.3 is 5.32 Å². The van der Waals surface area contributed by atoms with Crippen LogP contribution in [0.5, 0.6) is 0 Å². The van der Waals surface area contributed by atoms with Crippen LogP contribution in [0.25, 0.3) is 0 Å². The first-order valence-electron chi connectivity index (χ1n) is 5.99. The molecule has 1 aromatic rings. The third-order valence-electron chi connectivity index (χ3n) is 2.97. The van der Waals surface area contributed by atoms with Crippen LogP contribution in [0.4, 0.5) is 5.82 Å². The van der Waals surface area contributed by atoms with E-state index < -0.39 is 0 Å². The van der Waals surface area contributed by atoms with Gasteiger partial charge in [0.1, 0.15) is 5.82 Å². The number of hydrogen-bond donors (Lipinski definition) is 1. The van der Waals surface area contributed by atoms with Crippen molar-refractivity contribution in [2.75, 3.05) is 25.0 Å². The Labute approximate surface area is 116 Å². The van der Waals surface area contributed by atoms with Crippen molar-refractivity contribution < 1.29 is 0 Å². The summed E-state index contributed by atoms with van der Waals surface area (Å²) in [6.07, 6.45) is 4.38. The summed E-state index contributed by atoms with van der Waals surface area (Å²) in [7, 11) is 0. The Morgan fingerprint density at radius 2 is 2.35 bits per heavy atom. The number of halogens is 2. The third-order valence-corrected chi connectivity index (χ3v) is 3.78. The summed E-state index contributed by atoms with van der Waals surface area (Å²) in [4.78, 5) is 6.76. The van der Waals surface area contributed by atoms with E-state index in [0.29, 0.717) is 5.02 Å². The van der Waals surface area contributed by atoms with Crippen molar-refractivity contribution >= 4 is 33.3 Å². The summed E-state index contributed by atoms with van der Waals surface area (Å²) in [5.41, 5.74) is 0. The average Bonchev–Trinajstić information content (AvgIpc) is 3.11. The van der Waals surface area contributed by atoms with Crippen LogP contribution in [0.2, 0.25) is 5.02 Å². The molecular formula is C12H17BrClN3. The van der Waals surface area contributed by atoms with E-state index in [0.717, 1.165) is 36.0 Å². The highest BCUT2D eigenvalue weighted by atomic mass is 79.9. The van der Waals surface area contributed by atoms with Gasteiger partial charge in [-0.2, -0.15) is 0 Å². The van der Waals surface area contributed by atoms with Gasteiger partial charge in [-0.3, -0.25) is 4.90 Å². The predicted octanol–water partition coefficient (Wildman–Crippen LogP) is 3.39. The van der Waals surface area contributed by atoms with Crippen molar-refractivity contribution in [3.05, 3.63) is 21.8 Å². The molecule has 94 valence electrons. The van der Waals surface area contributed by atoms with Crippen molar-refractivity contribution in [3.8, 4) is 0 Å². The van der Waals surface area contributed by atoms with Crippen LogP contribution >= 0.6 is 27.5 Å². The van der Waals surface area contributed by atoms with E-state index in [2.05, 4.69) is 38.1 Å². The van der Waals surface area contributed by atoms with Gasteiger partial charge in [0.05, 0.1) is 9.50 Å². The van der Waals surface area contributed by atoms with Crippen molar-refractivity contribution in [1.29, 1.82) is 0 Å². The smallest absolute Gasteiger partial charge is 0.140 e. The van der Waals surface area contributed by atoms with Gasteiger partial charge in [-0.1, -0.05) is 18.5 Å². The summed E-state index contributed by atoms with van der Waals surface area (Å²) >= 11 is 9.29. The normalized spacial score (nSPS) is 15.3. The first-order valence-corrected chi connectivity index (χ1v) is 7.16. The van der Waals surface area contributed by atoms with E-state index in [4.69, 9.17) is 11.6 Å². The maximum Gasteiger partial charge on any atom is 0.140 e. The summed E-state index contributed by atoms with van der Waals surface area (Å²) < 4.78 is 0.916. The fourth-order valence-corrected chi connectivity index (χ4v) is 2.68. The van der Waals surface area contributed by atoms with Crippen molar-refractivity contribution in [3.63, 3.8) is 0 Å². The molecule has 0 atom stereocenters. The van der Waals surface area contributed by atoms with Crippen molar-refractivity contribution in [1.82, 2.24) is 9.88 Å². The van der Waals surface area contributed by atoms with Gasteiger partial charge in [0.2, 0.25) is 0 Å². The molecule has 1 N–H and O–H groups in total. The van der Waals surface area contributed by atoms with Gasteiger partial charge in [-0.25, -0.2) is 4.98 Å². The summed E-state index contributed by atoms with van der Waals surface area (Å²) in [5, 5.41) is 3.98. The van der Waals surface area contributed by atoms with Crippen LogP contribution < -0.4 is 5.32 Å². The molecule has 0 aliphatic heterocycles. The van der Waals surface area contributed by atoms with Crippen LogP contribution in [-0.2, 0) is 0 Å². The lowest BCUT2D eigenvalue weighted by Crippen LogP contribution is -2.31. The van der Waals surface area contributed by atoms with E-state index in [1.165, 1.54) is 12.8 Å². The topological polar surface area (TPSA) is 28.2 Å². The average molecular weight is 319 g/mol. The molecule has 1 aliphatic carbocycles. The predicted molar refractivity (Wildman–Crippen MR) is 75.7 cm³/mol. The second-order valence-electron chi connectivity index (χ2n) is 4.27. The van der Waals surface area contributed by atoms with Gasteiger partial charge in [-0.15, -0.1) is 0 Å². The minimum atomic E-state index is 0.649. The molecule has 1 aromatic heterocycles. The molecule has 2 rings (SSSR count). The van der Waals surface area contributed by atoms with Gasteiger partial charge in [0.25, 0.3) is 0 Å². The maximum absolute atomic E-state index is 5.85. The highest BCUT2D eigenvalue weighted by Gasteiger charge is 2.27. The Morgan fingerprint density at radius 1 is 1.59 bits per heavy atom. The molecule has 1 fully saturated rings. The minimum absolute atomic E-state index is 0.649. The lowest BCUT2D eigenvalue weighted by molar-refractivity contribution is 0.289. The molecule has 0 bridgehead atoms. The molecule has 1 heterocycles. The minimum Gasteiger partial charge on any atom is -0.368 e. The Kier molecular flexibility index (Phi) is 4.65. The molecular weight excluding hydrogens is 302 g/mol. The molecule has 0 spiro atoms. The van der Waals surface area contributed by atoms with E-state index in [9.17, 15) is 0 Å². The summed E-state index contributed by atoms with van der Waals surface area (Å²) in [6.45, 7) is 5.33. The highest BCUT2D eigenvalue weighted by Crippen LogP contribution is 2.26. The monoisotopic (exact) mass is 317 g/mol. The number of pyridine rings is 1. The third kappa shape index (κ3) is 3.83. The van der Waals surface area contributed by atoms with E-state index in [-0.39, 0.29) is 0 Å². The molecule has 0 saturated heterocycles. The Morgan fingerprint density at radius 3 is 2.94 bits per heavy atom. The molecule has 3 nitrogen and oxygen atoms in total. The SMILES string of the molecule is CCN(CCNc1ncc(Cl)cc1Br)C1CC1. The zero-order valence-corrected chi connectivity index (χ0v) is 12.3.